The second kappa shape index (κ2) is 27.3. The normalized spacial score (nSPS) is 49.7. The van der Waals surface area contributed by atoms with Crippen LogP contribution in [0.25, 0.3) is 0 Å². The number of ether oxygens (including phenoxy) is 12. The number of carbonyl (C=O) groups is 1. The van der Waals surface area contributed by atoms with Crippen molar-refractivity contribution in [2.45, 2.75) is 273 Å². The van der Waals surface area contributed by atoms with Crippen molar-refractivity contribution in [3.8, 4) is 0 Å². The van der Waals surface area contributed by atoms with E-state index >= 15 is 0 Å². The van der Waals surface area contributed by atoms with Crippen LogP contribution < -0.4 is 0 Å². The summed E-state index contributed by atoms with van der Waals surface area (Å²) < 4.78 is 150. The molecule has 6 aliphatic heterocycles. The van der Waals surface area contributed by atoms with Crippen molar-refractivity contribution < 1.29 is 147 Å². The zero-order chi connectivity index (χ0) is 67.3. The summed E-state index contributed by atoms with van der Waals surface area (Å²) in [6.07, 6.45) is -33.6. The molecule has 0 aromatic heterocycles. The van der Waals surface area contributed by atoms with Gasteiger partial charge in [0.15, 0.2) is 31.5 Å². The Morgan fingerprint density at radius 2 is 1.25 bits per heavy atom. The Hall–Kier alpha value is -1.89. The molecule has 10 rings (SSSR count). The van der Waals surface area contributed by atoms with Crippen molar-refractivity contribution in [1.82, 2.24) is 0 Å². The first-order valence-corrected chi connectivity index (χ1v) is 34.6. The second-order valence-electron chi connectivity index (χ2n) is 28.7. The average molecular weight is 1370 g/mol. The van der Waals surface area contributed by atoms with E-state index in [0.29, 0.717) is 31.6 Å². The summed E-state index contributed by atoms with van der Waals surface area (Å²) in [5.41, 5.74) is -1.24. The van der Waals surface area contributed by atoms with Crippen molar-refractivity contribution in [2.24, 2.45) is 45.3 Å². The lowest BCUT2D eigenvalue weighted by Gasteiger charge is -2.64. The van der Waals surface area contributed by atoms with Crippen LogP contribution in [-0.2, 0) is 90.8 Å². The molecule has 6 heterocycles. The third-order valence-corrected chi connectivity index (χ3v) is 23.4. The molecule has 0 bridgehead atoms. The summed E-state index contributed by atoms with van der Waals surface area (Å²) in [5, 5.41) is 112. The fraction of sp³-hybridized carbons (Fsp3) is 0.949. The minimum Gasteiger partial charge on any atom is -0.459 e. The maximum atomic E-state index is 14.5. The Morgan fingerprint density at radius 3 is 1.90 bits per heavy atom. The standard InChI is InChI=1S/C59H96O31S2/c1-25(2)11-10-17-58(8)34-15-19-57(7)28-12-13-33-55(4,5)35(16-18-56(33,6)27(28)14-20-59(34,57)54(70)89-58)84-52-47(39(65)32(23-79-52)90-92(74,75)76)88-53-48(87-49-40(66)36(62)29(61)22-78-49)41(67)44(26(3)81-53)85-51-43(69)46(38(64)31(83-51)24-80-91(71,72)73)86-50-42(68)45(77-9)37(63)30(21-60)82-50/h12,25-27,29-53,60-69H,10-11,13-24H2,1-9H3,(H,71,72,73)(H,74,75,76). The molecular weight excluding hydrogens is 1270 g/mol. The van der Waals surface area contributed by atoms with Crippen molar-refractivity contribution in [3.63, 3.8) is 0 Å². The predicted octanol–water partition coefficient (Wildman–Crippen LogP) is -1.19. The van der Waals surface area contributed by atoms with E-state index in [1.165, 1.54) is 12.5 Å². The molecule has 1 spiro atoms. The minimum atomic E-state index is -5.29. The molecule has 530 valence electrons. The molecule has 0 radical (unpaired) electrons. The molecule has 31 nitrogen and oxygen atoms in total. The van der Waals surface area contributed by atoms with Gasteiger partial charge in [0.05, 0.1) is 44.1 Å². The van der Waals surface area contributed by atoms with Crippen LogP contribution >= 0.6 is 0 Å². The van der Waals surface area contributed by atoms with E-state index in [4.69, 9.17) is 61.0 Å². The number of aliphatic hydroxyl groups is 10. The van der Waals surface area contributed by atoms with Crippen LogP contribution in [0.1, 0.15) is 120 Å². The monoisotopic (exact) mass is 1360 g/mol. The first kappa shape index (κ1) is 72.8. The lowest BCUT2D eigenvalue weighted by molar-refractivity contribution is -0.403. The van der Waals surface area contributed by atoms with Gasteiger partial charge in [-0.15, -0.1) is 0 Å². The number of allylic oxidation sites excluding steroid dienone is 2. The van der Waals surface area contributed by atoms with Crippen molar-refractivity contribution in [2.75, 3.05) is 33.5 Å². The van der Waals surface area contributed by atoms with Crippen LogP contribution in [0.15, 0.2) is 11.6 Å². The zero-order valence-corrected chi connectivity index (χ0v) is 54.7. The van der Waals surface area contributed by atoms with Gasteiger partial charge in [-0.05, 0) is 100 Å². The highest BCUT2D eigenvalue weighted by Gasteiger charge is 2.76. The van der Waals surface area contributed by atoms with Gasteiger partial charge in [0.1, 0.15) is 109 Å². The van der Waals surface area contributed by atoms with Gasteiger partial charge in [0.2, 0.25) is 0 Å². The molecule has 92 heavy (non-hydrogen) atoms. The molecule has 0 aromatic carbocycles. The largest absolute Gasteiger partial charge is 0.459 e. The zero-order valence-electron chi connectivity index (χ0n) is 53.1. The summed E-state index contributed by atoms with van der Waals surface area (Å²) in [6.45, 7) is 13.2. The third kappa shape index (κ3) is 13.4. The topological polar surface area (TPSA) is 457 Å². The summed E-state index contributed by atoms with van der Waals surface area (Å²) >= 11 is 0. The lowest BCUT2D eigenvalue weighted by atomic mass is 9.41. The number of methoxy groups -OCH3 is 1. The summed E-state index contributed by atoms with van der Waals surface area (Å²) in [5.74, 6) is 0.635. The Bertz CT molecular complexity index is 2830. The van der Waals surface area contributed by atoms with Gasteiger partial charge in [0.25, 0.3) is 0 Å². The number of rotatable bonds is 21. The first-order chi connectivity index (χ1) is 42.9. The Labute approximate surface area is 535 Å². The smallest absolute Gasteiger partial charge is 0.397 e. The van der Waals surface area contributed by atoms with E-state index in [-0.39, 0.29) is 29.1 Å². The van der Waals surface area contributed by atoms with Crippen LogP contribution in [0.5, 0.6) is 0 Å². The van der Waals surface area contributed by atoms with E-state index in [0.717, 1.165) is 45.6 Å². The highest BCUT2D eigenvalue weighted by Crippen LogP contribution is 2.76. The summed E-state index contributed by atoms with van der Waals surface area (Å²) in [7, 11) is -9.42. The van der Waals surface area contributed by atoms with Gasteiger partial charge in [0, 0.05) is 18.4 Å². The van der Waals surface area contributed by atoms with Gasteiger partial charge < -0.3 is 108 Å². The third-order valence-electron chi connectivity index (χ3n) is 22.5. The van der Waals surface area contributed by atoms with E-state index < -0.39 is 216 Å². The van der Waals surface area contributed by atoms with Crippen LogP contribution in [0.4, 0.5) is 0 Å². The molecule has 31 atom stereocenters. The van der Waals surface area contributed by atoms with Gasteiger partial charge in [-0.3, -0.25) is 13.9 Å². The Morgan fingerprint density at radius 1 is 0.630 bits per heavy atom. The summed E-state index contributed by atoms with van der Waals surface area (Å²) in [6, 6.07) is 0. The fourth-order valence-electron chi connectivity index (χ4n) is 17.7. The van der Waals surface area contributed by atoms with Crippen LogP contribution in [0.3, 0.4) is 0 Å². The Balaban J connectivity index is 0.916. The molecule has 4 aliphatic carbocycles. The van der Waals surface area contributed by atoms with Gasteiger partial charge in [-0.2, -0.15) is 16.8 Å². The number of esters is 1. The molecule has 0 aromatic rings. The molecule has 10 aliphatic rings. The SMILES string of the molecule is COC1C(O)C(CO)OC(OC2C(O)C(COS(=O)(=O)O)OC(OC3C(C)OC(OC4C(OC5CCC6(C)C7CCC89C(=O)OC(C)(CCCC(C)C)C8CCC9(C)C7=CCC6C5(C)C)OCC(OS(=O)(=O)O)C4O)C(OC4OCC(O)C(O)C4O)C3O)C2O)C1O. The van der Waals surface area contributed by atoms with Crippen LogP contribution in [0.2, 0.25) is 0 Å². The van der Waals surface area contributed by atoms with Gasteiger partial charge in [-0.25, -0.2) is 8.37 Å². The van der Waals surface area contributed by atoms with Crippen molar-refractivity contribution in [1.29, 1.82) is 0 Å². The Kier molecular flexibility index (Phi) is 21.6. The maximum absolute atomic E-state index is 14.5. The number of hydrogen-bond donors (Lipinski definition) is 12. The molecule has 9 fully saturated rings. The van der Waals surface area contributed by atoms with Crippen LogP contribution in [-0.4, -0.2) is 270 Å². The highest BCUT2D eigenvalue weighted by atomic mass is 32.3. The quantitative estimate of drug-likeness (QED) is 0.0365. The second-order valence-corrected chi connectivity index (χ2v) is 30.8. The molecule has 0 amide bonds. The van der Waals surface area contributed by atoms with E-state index in [1.807, 2.05) is 0 Å². The molecule has 6 saturated heterocycles. The lowest BCUT2D eigenvalue weighted by Crippen LogP contribution is -2.68. The highest BCUT2D eigenvalue weighted by molar-refractivity contribution is 7.81. The minimum absolute atomic E-state index is 0.0222. The molecular formula is C59H96O31S2. The maximum Gasteiger partial charge on any atom is 0.397 e. The number of hydrogen-bond acceptors (Lipinski definition) is 29. The molecule has 3 saturated carbocycles. The summed E-state index contributed by atoms with van der Waals surface area (Å²) in [4.78, 5) is 14.5. The van der Waals surface area contributed by atoms with E-state index in [2.05, 4.69) is 58.7 Å². The fourth-order valence-corrected chi connectivity index (χ4v) is 18.5. The van der Waals surface area contributed by atoms with Crippen molar-refractivity contribution in [3.05, 3.63) is 11.6 Å². The van der Waals surface area contributed by atoms with Gasteiger partial charge >= 0.3 is 26.8 Å². The molecule has 31 unspecified atom stereocenters. The predicted molar refractivity (Wildman–Crippen MR) is 308 cm³/mol. The molecule has 33 heteroatoms. The van der Waals surface area contributed by atoms with E-state index in [9.17, 15) is 81.8 Å². The number of fused-ring (bicyclic) bond motifs is 4. The van der Waals surface area contributed by atoms with Crippen LogP contribution in [0, 0.1) is 45.3 Å². The average Bonchev–Trinajstić information content (AvgIpc) is 1.44. The number of cyclic esters (lactones) is 1. The van der Waals surface area contributed by atoms with Gasteiger partial charge in [-0.1, -0.05) is 59.6 Å². The number of aliphatic hydroxyl groups excluding tert-OH is 10. The number of carbonyl (C=O) groups excluding carboxylic acids is 1. The molecule has 12 N–H and O–H groups in total. The van der Waals surface area contributed by atoms with E-state index in [1.54, 1.807) is 0 Å². The van der Waals surface area contributed by atoms with Crippen molar-refractivity contribution >= 4 is 26.8 Å². The first-order valence-electron chi connectivity index (χ1n) is 31.9.